The Hall–Kier alpha value is -3.40. The summed E-state index contributed by atoms with van der Waals surface area (Å²) in [5.74, 6) is -2.27. The molecule has 8 nitrogen and oxygen atoms in total. The lowest BCUT2D eigenvalue weighted by atomic mass is 10.1. The Bertz CT molecular complexity index is 972. The number of carbonyl (C=O) groups excluding carboxylic acids is 2. The van der Waals surface area contributed by atoms with E-state index in [0.29, 0.717) is 19.4 Å². The van der Waals surface area contributed by atoms with Crippen LogP contribution in [0.2, 0.25) is 0 Å². The predicted molar refractivity (Wildman–Crippen MR) is 110 cm³/mol. The zero-order valence-electron chi connectivity index (χ0n) is 18.2. The van der Waals surface area contributed by atoms with Crippen molar-refractivity contribution in [2.45, 2.75) is 63.8 Å². The van der Waals surface area contributed by atoms with Crippen LogP contribution in [0.4, 0.5) is 19.3 Å². The van der Waals surface area contributed by atoms with Gasteiger partial charge in [-0.05, 0) is 52.2 Å². The topological polar surface area (TPSA) is 109 Å². The van der Waals surface area contributed by atoms with E-state index in [4.69, 9.17) is 10.00 Å². The fraction of sp³-hybridized carbons (Fsp3) is 0.545. The third-order valence-corrected chi connectivity index (χ3v) is 5.42. The summed E-state index contributed by atoms with van der Waals surface area (Å²) in [6.45, 7) is 5.48. The van der Waals surface area contributed by atoms with Gasteiger partial charge in [-0.15, -0.1) is 0 Å². The lowest BCUT2D eigenvalue weighted by Crippen LogP contribution is -2.50. The average molecular weight is 445 g/mol. The summed E-state index contributed by atoms with van der Waals surface area (Å²) in [5, 5.41) is 20.9. The highest BCUT2D eigenvalue weighted by Crippen LogP contribution is 2.30. The monoisotopic (exact) mass is 445 g/mol. The van der Waals surface area contributed by atoms with Gasteiger partial charge >= 0.3 is 6.09 Å². The fourth-order valence-corrected chi connectivity index (χ4v) is 4.03. The Morgan fingerprint density at radius 1 is 1.19 bits per heavy atom. The zero-order chi connectivity index (χ0) is 23.6. The zero-order valence-corrected chi connectivity index (χ0v) is 18.2. The van der Waals surface area contributed by atoms with Crippen LogP contribution in [0, 0.1) is 34.3 Å². The maximum absolute atomic E-state index is 14.4. The van der Waals surface area contributed by atoms with Gasteiger partial charge < -0.3 is 15.0 Å². The van der Waals surface area contributed by atoms with Crippen molar-refractivity contribution >= 4 is 17.7 Å². The Labute approximate surface area is 185 Å². The molecule has 1 unspecified atom stereocenters. The van der Waals surface area contributed by atoms with E-state index in [-0.39, 0.29) is 24.4 Å². The van der Waals surface area contributed by atoms with Gasteiger partial charge in [0.15, 0.2) is 11.6 Å². The van der Waals surface area contributed by atoms with Crippen LogP contribution in [-0.2, 0) is 9.53 Å². The molecule has 2 saturated heterocycles. The highest BCUT2D eigenvalue weighted by Gasteiger charge is 2.45. The molecule has 2 aliphatic rings. The number of halogens is 2. The molecule has 3 rings (SSSR count). The molecule has 2 fully saturated rings. The Morgan fingerprint density at radius 2 is 1.84 bits per heavy atom. The van der Waals surface area contributed by atoms with Gasteiger partial charge in [0.2, 0.25) is 5.91 Å². The van der Waals surface area contributed by atoms with E-state index >= 15 is 0 Å². The summed E-state index contributed by atoms with van der Waals surface area (Å²) in [5.41, 5.74) is -1.39. The van der Waals surface area contributed by atoms with Gasteiger partial charge in [0.1, 0.15) is 23.4 Å². The Morgan fingerprint density at radius 3 is 2.41 bits per heavy atom. The summed E-state index contributed by atoms with van der Waals surface area (Å²) in [6.07, 6.45) is 0.622. The largest absolute Gasteiger partial charge is 0.444 e. The second-order valence-corrected chi connectivity index (χ2v) is 8.97. The molecule has 1 aromatic carbocycles. The first kappa shape index (κ1) is 23.3. The van der Waals surface area contributed by atoms with Crippen LogP contribution in [0.15, 0.2) is 12.1 Å². The standard InChI is InChI=1S/C22H25F2N5O3/c1-22(2,3)32-21(31)29-12-14(27-19-16(23)7-13(10-25)8-17(19)24)9-18(29)20(30)28-6-4-5-15(28)11-26/h7-8,14-15,18,27H,4-6,9,12H2,1-3H3/t14-,15?,18-/m0/s1. The third kappa shape index (κ3) is 4.91. The summed E-state index contributed by atoms with van der Waals surface area (Å²) >= 11 is 0. The normalized spacial score (nSPS) is 22.9. The van der Waals surface area contributed by atoms with E-state index in [1.807, 2.05) is 0 Å². The minimum absolute atomic E-state index is 0.0186. The number of carbonyl (C=O) groups is 2. The van der Waals surface area contributed by atoms with Gasteiger partial charge in [0.05, 0.1) is 17.7 Å². The molecular formula is C22H25F2N5O3. The van der Waals surface area contributed by atoms with Gasteiger partial charge in [-0.25, -0.2) is 13.6 Å². The summed E-state index contributed by atoms with van der Waals surface area (Å²) in [4.78, 5) is 28.7. The predicted octanol–water partition coefficient (Wildman–Crippen LogP) is 3.14. The SMILES string of the molecule is CC(C)(C)OC(=O)N1C[C@@H](Nc2c(F)cc(C#N)cc2F)C[C@H]1C(=O)N1CCCC1C#N. The highest BCUT2D eigenvalue weighted by atomic mass is 19.1. The second kappa shape index (κ2) is 8.99. The molecule has 0 bridgehead atoms. The van der Waals surface area contributed by atoms with Crippen molar-refractivity contribution in [3.63, 3.8) is 0 Å². The molecular weight excluding hydrogens is 420 g/mol. The molecule has 2 aliphatic heterocycles. The van der Waals surface area contributed by atoms with Gasteiger partial charge in [-0.3, -0.25) is 9.69 Å². The van der Waals surface area contributed by atoms with Crippen molar-refractivity contribution in [3.8, 4) is 12.1 Å². The number of likely N-dealkylation sites (tertiary alicyclic amines) is 2. The lowest BCUT2D eigenvalue weighted by molar-refractivity contribution is -0.135. The summed E-state index contributed by atoms with van der Waals surface area (Å²) in [7, 11) is 0. The quantitative estimate of drug-likeness (QED) is 0.766. The smallest absolute Gasteiger partial charge is 0.411 e. The molecule has 0 aromatic heterocycles. The number of nitrogens with one attached hydrogen (secondary N) is 1. The number of benzene rings is 1. The van der Waals surface area contributed by atoms with Gasteiger partial charge in [0.25, 0.3) is 0 Å². The van der Waals surface area contributed by atoms with Crippen molar-refractivity contribution in [2.24, 2.45) is 0 Å². The average Bonchev–Trinajstić information content (AvgIpc) is 3.35. The van der Waals surface area contributed by atoms with Crippen LogP contribution in [0.5, 0.6) is 0 Å². The molecule has 170 valence electrons. The minimum atomic E-state index is -0.941. The summed E-state index contributed by atoms with van der Waals surface area (Å²) in [6, 6.07) is 3.48. The number of amides is 2. The molecule has 3 atom stereocenters. The number of rotatable bonds is 3. The van der Waals surface area contributed by atoms with E-state index in [9.17, 15) is 23.6 Å². The number of nitriles is 2. The van der Waals surface area contributed by atoms with E-state index < -0.39 is 47.1 Å². The molecule has 0 spiro atoms. The molecule has 2 heterocycles. The van der Waals surface area contributed by atoms with Crippen LogP contribution >= 0.6 is 0 Å². The van der Waals surface area contributed by atoms with Gasteiger partial charge in [-0.2, -0.15) is 10.5 Å². The Kier molecular flexibility index (Phi) is 6.54. The number of ether oxygens (including phenoxy) is 1. The van der Waals surface area contributed by atoms with Crippen LogP contribution in [0.3, 0.4) is 0 Å². The number of hydrogen-bond donors (Lipinski definition) is 1. The van der Waals surface area contributed by atoms with E-state index in [1.54, 1.807) is 26.8 Å². The molecule has 1 aromatic rings. The molecule has 0 aliphatic carbocycles. The Balaban J connectivity index is 1.85. The molecule has 0 radical (unpaired) electrons. The fourth-order valence-electron chi connectivity index (χ4n) is 4.03. The van der Waals surface area contributed by atoms with Crippen LogP contribution in [0.1, 0.15) is 45.6 Å². The van der Waals surface area contributed by atoms with E-state index in [1.165, 1.54) is 9.80 Å². The van der Waals surface area contributed by atoms with E-state index in [2.05, 4.69) is 11.4 Å². The van der Waals surface area contributed by atoms with Crippen molar-refractivity contribution < 1.29 is 23.1 Å². The molecule has 32 heavy (non-hydrogen) atoms. The maximum atomic E-state index is 14.4. The van der Waals surface area contributed by atoms with Crippen LogP contribution < -0.4 is 5.32 Å². The number of nitrogens with zero attached hydrogens (tertiary/aromatic N) is 4. The lowest BCUT2D eigenvalue weighted by Gasteiger charge is -2.30. The van der Waals surface area contributed by atoms with E-state index in [0.717, 1.165) is 12.1 Å². The molecule has 1 N–H and O–H groups in total. The van der Waals surface area contributed by atoms with Gasteiger partial charge in [-0.1, -0.05) is 0 Å². The number of hydrogen-bond acceptors (Lipinski definition) is 6. The van der Waals surface area contributed by atoms with Crippen molar-refractivity contribution in [2.75, 3.05) is 18.4 Å². The van der Waals surface area contributed by atoms with Crippen molar-refractivity contribution in [3.05, 3.63) is 29.3 Å². The van der Waals surface area contributed by atoms with Gasteiger partial charge in [0, 0.05) is 19.1 Å². The molecule has 2 amide bonds. The first-order valence-electron chi connectivity index (χ1n) is 10.4. The second-order valence-electron chi connectivity index (χ2n) is 8.97. The van der Waals surface area contributed by atoms with Crippen molar-refractivity contribution in [1.82, 2.24) is 9.80 Å². The van der Waals surface area contributed by atoms with Crippen molar-refractivity contribution in [1.29, 1.82) is 10.5 Å². The van der Waals surface area contributed by atoms with Crippen LogP contribution in [-0.4, -0.2) is 58.6 Å². The summed E-state index contributed by atoms with van der Waals surface area (Å²) < 4.78 is 34.1. The maximum Gasteiger partial charge on any atom is 0.411 e. The minimum Gasteiger partial charge on any atom is -0.444 e. The highest BCUT2D eigenvalue weighted by molar-refractivity contribution is 5.87. The third-order valence-electron chi connectivity index (χ3n) is 5.42. The van der Waals surface area contributed by atoms with Crippen LogP contribution in [0.25, 0.3) is 0 Å². The number of anilines is 1. The molecule has 0 saturated carbocycles. The first-order valence-corrected chi connectivity index (χ1v) is 10.4. The first-order chi connectivity index (χ1) is 15.0. The molecule has 10 heteroatoms.